The molecule has 2 fully saturated rings. The van der Waals surface area contributed by atoms with Crippen LogP contribution < -0.4 is 0 Å². The predicted molar refractivity (Wildman–Crippen MR) is 88.2 cm³/mol. The Morgan fingerprint density at radius 1 is 1.14 bits per heavy atom. The number of nitrogens with zero attached hydrogens (tertiary/aromatic N) is 3. The van der Waals surface area contributed by atoms with Crippen LogP contribution >= 0.6 is 0 Å². The van der Waals surface area contributed by atoms with Crippen molar-refractivity contribution in [2.45, 2.75) is 76.3 Å². The Morgan fingerprint density at radius 3 is 2.36 bits per heavy atom. The third kappa shape index (κ3) is 3.63. The van der Waals surface area contributed by atoms with Gasteiger partial charge in [-0.1, -0.05) is 39.0 Å². The van der Waals surface area contributed by atoms with Crippen molar-refractivity contribution in [3.8, 4) is 6.07 Å². The van der Waals surface area contributed by atoms with Crippen molar-refractivity contribution < 1.29 is 4.79 Å². The first-order valence-corrected chi connectivity index (χ1v) is 8.88. The Bertz CT molecular complexity index is 423. The highest BCUT2D eigenvalue weighted by Gasteiger charge is 2.39. The molecule has 0 aromatic carbocycles. The molecule has 0 spiro atoms. The number of amides is 1. The average molecular weight is 305 g/mol. The van der Waals surface area contributed by atoms with Gasteiger partial charge < -0.3 is 4.90 Å². The lowest BCUT2D eigenvalue weighted by Crippen LogP contribution is -2.53. The van der Waals surface area contributed by atoms with Crippen molar-refractivity contribution >= 4 is 5.91 Å². The van der Waals surface area contributed by atoms with Gasteiger partial charge in [0, 0.05) is 13.1 Å². The molecule has 2 saturated carbocycles. The van der Waals surface area contributed by atoms with Crippen molar-refractivity contribution in [1.29, 1.82) is 5.26 Å². The van der Waals surface area contributed by atoms with Crippen molar-refractivity contribution in [3.63, 3.8) is 0 Å². The van der Waals surface area contributed by atoms with Crippen LogP contribution in [0.3, 0.4) is 0 Å². The molecule has 0 heterocycles. The molecule has 2 rings (SSSR count). The zero-order valence-corrected chi connectivity index (χ0v) is 14.5. The molecule has 22 heavy (non-hydrogen) atoms. The molecule has 0 N–H and O–H groups in total. The van der Waals surface area contributed by atoms with Crippen LogP contribution in [0.5, 0.6) is 0 Å². The van der Waals surface area contributed by atoms with Crippen molar-refractivity contribution in [2.24, 2.45) is 5.92 Å². The van der Waals surface area contributed by atoms with Crippen LogP contribution in [0.25, 0.3) is 0 Å². The van der Waals surface area contributed by atoms with Gasteiger partial charge in [0.2, 0.25) is 5.91 Å². The normalized spacial score (nSPS) is 28.1. The lowest BCUT2D eigenvalue weighted by atomic mass is 9.81. The highest BCUT2D eigenvalue weighted by Crippen LogP contribution is 2.33. The number of carbonyl (C=O) groups excluding carboxylic acids is 1. The molecule has 1 amide bonds. The highest BCUT2D eigenvalue weighted by atomic mass is 16.2. The van der Waals surface area contributed by atoms with Gasteiger partial charge in [-0.05, 0) is 38.6 Å². The molecular weight excluding hydrogens is 274 g/mol. The first-order valence-electron chi connectivity index (χ1n) is 8.88. The molecule has 0 aromatic rings. The molecule has 0 radical (unpaired) electrons. The predicted octanol–water partition coefficient (Wildman–Crippen LogP) is 3.18. The van der Waals surface area contributed by atoms with E-state index in [1.54, 1.807) is 4.90 Å². The smallest absolute Gasteiger partial charge is 0.237 e. The fourth-order valence-corrected chi connectivity index (χ4v) is 4.29. The summed E-state index contributed by atoms with van der Waals surface area (Å²) in [5, 5.41) is 9.63. The van der Waals surface area contributed by atoms with Gasteiger partial charge in [0.1, 0.15) is 5.54 Å². The van der Waals surface area contributed by atoms with Gasteiger partial charge in [-0.25, -0.2) is 0 Å². The maximum Gasteiger partial charge on any atom is 0.237 e. The average Bonchev–Trinajstić information content (AvgIpc) is 2.55. The molecule has 2 unspecified atom stereocenters. The fraction of sp³-hybridized carbons (Fsp3) is 0.889. The zero-order valence-electron chi connectivity index (χ0n) is 14.5. The van der Waals surface area contributed by atoms with Gasteiger partial charge in [0.05, 0.1) is 12.6 Å². The van der Waals surface area contributed by atoms with Crippen LogP contribution in [-0.2, 0) is 4.79 Å². The SMILES string of the molecule is CC1CCCCC1N(C)CC(=O)N(C)C1(C#N)CCCCC1. The second kappa shape index (κ2) is 7.46. The minimum Gasteiger partial charge on any atom is -0.326 e. The molecule has 0 bridgehead atoms. The molecule has 4 heteroatoms. The summed E-state index contributed by atoms with van der Waals surface area (Å²) >= 11 is 0. The summed E-state index contributed by atoms with van der Waals surface area (Å²) in [4.78, 5) is 16.7. The molecule has 124 valence electrons. The lowest BCUT2D eigenvalue weighted by molar-refractivity contribution is -0.136. The monoisotopic (exact) mass is 305 g/mol. The first-order chi connectivity index (χ1) is 10.5. The number of carbonyl (C=O) groups is 1. The van der Waals surface area contributed by atoms with Gasteiger partial charge in [0.25, 0.3) is 0 Å². The van der Waals surface area contributed by atoms with Gasteiger partial charge in [-0.2, -0.15) is 5.26 Å². The highest BCUT2D eigenvalue weighted by molar-refractivity contribution is 5.79. The van der Waals surface area contributed by atoms with Crippen molar-refractivity contribution in [3.05, 3.63) is 0 Å². The van der Waals surface area contributed by atoms with Gasteiger partial charge in [-0.15, -0.1) is 0 Å². The molecular formula is C18H31N3O. The van der Waals surface area contributed by atoms with Gasteiger partial charge in [0.15, 0.2) is 0 Å². The first kappa shape index (κ1) is 17.3. The quantitative estimate of drug-likeness (QED) is 0.801. The largest absolute Gasteiger partial charge is 0.326 e. The summed E-state index contributed by atoms with van der Waals surface area (Å²) in [6.07, 6.45) is 10.00. The standard InChI is InChI=1S/C18H31N3O/c1-15-9-5-6-10-16(15)20(2)13-17(22)21(3)18(14-19)11-7-4-8-12-18/h15-16H,4-13H2,1-3H3. The summed E-state index contributed by atoms with van der Waals surface area (Å²) in [5.74, 6) is 0.764. The van der Waals surface area contributed by atoms with E-state index in [0.717, 1.165) is 25.7 Å². The van der Waals surface area contributed by atoms with E-state index in [2.05, 4.69) is 24.9 Å². The maximum absolute atomic E-state index is 12.7. The van der Waals surface area contributed by atoms with E-state index in [-0.39, 0.29) is 5.91 Å². The number of hydrogen-bond donors (Lipinski definition) is 0. The summed E-state index contributed by atoms with van der Waals surface area (Å²) in [6, 6.07) is 2.96. The summed E-state index contributed by atoms with van der Waals surface area (Å²) in [5.41, 5.74) is -0.561. The van der Waals surface area contributed by atoms with Gasteiger partial charge >= 0.3 is 0 Å². The van der Waals surface area contributed by atoms with Crippen LogP contribution in [-0.4, -0.2) is 47.9 Å². The molecule has 0 saturated heterocycles. The summed E-state index contributed by atoms with van der Waals surface area (Å²) in [7, 11) is 3.90. The Kier molecular flexibility index (Phi) is 5.86. The number of rotatable bonds is 4. The van der Waals surface area contributed by atoms with Crippen LogP contribution in [0, 0.1) is 17.2 Å². The minimum absolute atomic E-state index is 0.101. The molecule has 0 aromatic heterocycles. The number of hydrogen-bond acceptors (Lipinski definition) is 3. The second-order valence-electron chi connectivity index (χ2n) is 7.40. The topological polar surface area (TPSA) is 47.3 Å². The fourth-order valence-electron chi connectivity index (χ4n) is 4.29. The molecule has 4 nitrogen and oxygen atoms in total. The Morgan fingerprint density at radius 2 is 1.77 bits per heavy atom. The molecule has 2 aliphatic carbocycles. The van der Waals surface area contributed by atoms with E-state index in [1.165, 1.54) is 32.1 Å². The van der Waals surface area contributed by atoms with Crippen molar-refractivity contribution in [1.82, 2.24) is 9.80 Å². The number of likely N-dealkylation sites (N-methyl/N-ethyl adjacent to an activating group) is 2. The Hall–Kier alpha value is -1.08. The Labute approximate surface area is 135 Å². The second-order valence-corrected chi connectivity index (χ2v) is 7.40. The maximum atomic E-state index is 12.7. The minimum atomic E-state index is -0.561. The van der Waals surface area contributed by atoms with E-state index in [4.69, 9.17) is 0 Å². The summed E-state index contributed by atoms with van der Waals surface area (Å²) < 4.78 is 0. The lowest BCUT2D eigenvalue weighted by Gasteiger charge is -2.41. The van der Waals surface area contributed by atoms with Crippen LogP contribution in [0.1, 0.15) is 64.7 Å². The van der Waals surface area contributed by atoms with E-state index in [9.17, 15) is 10.1 Å². The third-order valence-electron chi connectivity index (χ3n) is 5.92. The van der Waals surface area contributed by atoms with Crippen molar-refractivity contribution in [2.75, 3.05) is 20.6 Å². The Balaban J connectivity index is 1.96. The van der Waals surface area contributed by atoms with Crippen LogP contribution in [0.4, 0.5) is 0 Å². The number of nitriles is 1. The van der Waals surface area contributed by atoms with E-state index >= 15 is 0 Å². The van der Waals surface area contributed by atoms with E-state index < -0.39 is 5.54 Å². The van der Waals surface area contributed by atoms with E-state index in [0.29, 0.717) is 18.5 Å². The molecule has 0 aliphatic heterocycles. The summed E-state index contributed by atoms with van der Waals surface area (Å²) in [6.45, 7) is 2.74. The van der Waals surface area contributed by atoms with Crippen LogP contribution in [0.2, 0.25) is 0 Å². The molecule has 2 aliphatic rings. The van der Waals surface area contributed by atoms with Gasteiger partial charge in [-0.3, -0.25) is 9.69 Å². The molecule has 2 atom stereocenters. The van der Waals surface area contributed by atoms with Crippen LogP contribution in [0.15, 0.2) is 0 Å². The third-order valence-corrected chi connectivity index (χ3v) is 5.92. The van der Waals surface area contributed by atoms with E-state index in [1.807, 2.05) is 7.05 Å². The zero-order chi connectivity index (χ0) is 16.2.